The highest BCUT2D eigenvalue weighted by molar-refractivity contribution is 4.95. The molecule has 0 radical (unpaired) electrons. The first-order chi connectivity index (χ1) is 6.45. The SMILES string of the molecule is c1cnc(CCN2CCCC2)cn1. The molecule has 0 atom stereocenters. The highest BCUT2D eigenvalue weighted by Crippen LogP contribution is 2.07. The van der Waals surface area contributed by atoms with Crippen LogP contribution < -0.4 is 0 Å². The van der Waals surface area contributed by atoms with Gasteiger partial charge in [0.1, 0.15) is 0 Å². The van der Waals surface area contributed by atoms with Crippen LogP contribution in [0.15, 0.2) is 18.6 Å². The maximum absolute atomic E-state index is 4.25. The van der Waals surface area contributed by atoms with Gasteiger partial charge >= 0.3 is 0 Å². The van der Waals surface area contributed by atoms with E-state index in [0.29, 0.717) is 0 Å². The van der Waals surface area contributed by atoms with E-state index in [-0.39, 0.29) is 0 Å². The largest absolute Gasteiger partial charge is 0.303 e. The highest BCUT2D eigenvalue weighted by Gasteiger charge is 2.10. The molecule has 0 aliphatic carbocycles. The molecule has 13 heavy (non-hydrogen) atoms. The van der Waals surface area contributed by atoms with Gasteiger partial charge in [0.15, 0.2) is 0 Å². The van der Waals surface area contributed by atoms with Gasteiger partial charge in [-0.2, -0.15) is 0 Å². The number of rotatable bonds is 3. The summed E-state index contributed by atoms with van der Waals surface area (Å²) in [6.45, 7) is 3.67. The van der Waals surface area contributed by atoms with Gasteiger partial charge in [0, 0.05) is 31.6 Å². The summed E-state index contributed by atoms with van der Waals surface area (Å²) in [4.78, 5) is 10.8. The van der Waals surface area contributed by atoms with Crippen LogP contribution in [0.3, 0.4) is 0 Å². The van der Waals surface area contributed by atoms with Gasteiger partial charge in [0.05, 0.1) is 5.69 Å². The zero-order valence-corrected chi connectivity index (χ0v) is 7.82. The smallest absolute Gasteiger partial charge is 0.0599 e. The Bertz CT molecular complexity index is 242. The zero-order valence-electron chi connectivity index (χ0n) is 7.82. The Hall–Kier alpha value is -0.960. The van der Waals surface area contributed by atoms with Gasteiger partial charge in [0.25, 0.3) is 0 Å². The third-order valence-corrected chi connectivity index (χ3v) is 2.50. The first-order valence-corrected chi connectivity index (χ1v) is 4.92. The summed E-state index contributed by atoms with van der Waals surface area (Å²) in [5.74, 6) is 0. The Balaban J connectivity index is 1.79. The third kappa shape index (κ3) is 2.49. The van der Waals surface area contributed by atoms with E-state index in [4.69, 9.17) is 0 Å². The molecule has 1 aromatic rings. The predicted octanol–water partition coefficient (Wildman–Crippen LogP) is 1.11. The van der Waals surface area contributed by atoms with Crippen molar-refractivity contribution in [2.75, 3.05) is 19.6 Å². The van der Waals surface area contributed by atoms with Gasteiger partial charge in [-0.15, -0.1) is 0 Å². The molecule has 0 N–H and O–H groups in total. The minimum Gasteiger partial charge on any atom is -0.303 e. The quantitative estimate of drug-likeness (QED) is 0.692. The van der Waals surface area contributed by atoms with Crippen LogP contribution in [-0.2, 0) is 6.42 Å². The van der Waals surface area contributed by atoms with E-state index >= 15 is 0 Å². The molecular formula is C10H15N3. The molecule has 0 unspecified atom stereocenters. The maximum atomic E-state index is 4.25. The highest BCUT2D eigenvalue weighted by atomic mass is 15.1. The van der Waals surface area contributed by atoms with Crippen LogP contribution in [0.25, 0.3) is 0 Å². The summed E-state index contributed by atoms with van der Waals surface area (Å²) < 4.78 is 0. The van der Waals surface area contributed by atoms with E-state index in [1.54, 1.807) is 12.4 Å². The molecule has 1 saturated heterocycles. The van der Waals surface area contributed by atoms with Gasteiger partial charge < -0.3 is 4.90 Å². The molecule has 0 bridgehead atoms. The minimum absolute atomic E-state index is 1.04. The Morgan fingerprint density at radius 2 is 2.08 bits per heavy atom. The second kappa shape index (κ2) is 4.33. The monoisotopic (exact) mass is 177 g/mol. The van der Waals surface area contributed by atoms with Crippen molar-refractivity contribution in [3.63, 3.8) is 0 Å². The van der Waals surface area contributed by atoms with Crippen molar-refractivity contribution in [2.24, 2.45) is 0 Å². The third-order valence-electron chi connectivity index (χ3n) is 2.50. The molecule has 2 rings (SSSR count). The summed E-state index contributed by atoms with van der Waals surface area (Å²) in [6.07, 6.45) is 9.10. The van der Waals surface area contributed by atoms with E-state index in [2.05, 4.69) is 14.9 Å². The number of nitrogens with zero attached hydrogens (tertiary/aromatic N) is 3. The predicted molar refractivity (Wildman–Crippen MR) is 51.4 cm³/mol. The summed E-state index contributed by atoms with van der Waals surface area (Å²) in [7, 11) is 0. The number of hydrogen-bond donors (Lipinski definition) is 0. The topological polar surface area (TPSA) is 29.0 Å². The molecule has 70 valence electrons. The van der Waals surface area contributed by atoms with Crippen LogP contribution in [0.5, 0.6) is 0 Å². The average Bonchev–Trinajstić information content (AvgIpc) is 2.69. The van der Waals surface area contributed by atoms with E-state index in [9.17, 15) is 0 Å². The summed E-state index contributed by atoms with van der Waals surface area (Å²) >= 11 is 0. The van der Waals surface area contributed by atoms with Crippen molar-refractivity contribution in [3.05, 3.63) is 24.3 Å². The molecule has 0 spiro atoms. The molecular weight excluding hydrogens is 162 g/mol. The Morgan fingerprint density at radius 3 is 2.77 bits per heavy atom. The summed E-state index contributed by atoms with van der Waals surface area (Å²) in [5, 5.41) is 0. The summed E-state index contributed by atoms with van der Waals surface area (Å²) in [5.41, 5.74) is 1.11. The van der Waals surface area contributed by atoms with Gasteiger partial charge in [-0.3, -0.25) is 9.97 Å². The van der Waals surface area contributed by atoms with E-state index < -0.39 is 0 Å². The fourth-order valence-electron chi connectivity index (χ4n) is 1.74. The fraction of sp³-hybridized carbons (Fsp3) is 0.600. The van der Waals surface area contributed by atoms with Crippen LogP contribution in [0.2, 0.25) is 0 Å². The number of likely N-dealkylation sites (tertiary alicyclic amines) is 1. The van der Waals surface area contributed by atoms with Crippen molar-refractivity contribution in [1.82, 2.24) is 14.9 Å². The van der Waals surface area contributed by atoms with E-state index in [1.165, 1.54) is 25.9 Å². The Kier molecular flexibility index (Phi) is 2.87. The normalized spacial score (nSPS) is 17.8. The molecule has 0 amide bonds. The molecule has 1 aliphatic rings. The lowest BCUT2D eigenvalue weighted by molar-refractivity contribution is 0.342. The lowest BCUT2D eigenvalue weighted by Crippen LogP contribution is -2.22. The molecule has 0 aromatic carbocycles. The van der Waals surface area contributed by atoms with Crippen LogP contribution in [0.1, 0.15) is 18.5 Å². The van der Waals surface area contributed by atoms with Crippen LogP contribution in [-0.4, -0.2) is 34.5 Å². The van der Waals surface area contributed by atoms with Crippen LogP contribution in [0, 0.1) is 0 Å². The second-order valence-electron chi connectivity index (χ2n) is 3.50. The van der Waals surface area contributed by atoms with Crippen molar-refractivity contribution in [1.29, 1.82) is 0 Å². The second-order valence-corrected chi connectivity index (χ2v) is 3.50. The Morgan fingerprint density at radius 1 is 1.23 bits per heavy atom. The fourth-order valence-corrected chi connectivity index (χ4v) is 1.74. The van der Waals surface area contributed by atoms with Gasteiger partial charge in [-0.05, 0) is 25.9 Å². The Labute approximate surface area is 78.8 Å². The average molecular weight is 177 g/mol. The standard InChI is InChI=1S/C10H15N3/c1-2-7-13(6-1)8-3-10-9-11-4-5-12-10/h4-5,9H,1-3,6-8H2. The first kappa shape index (κ1) is 8.63. The molecule has 1 fully saturated rings. The lowest BCUT2D eigenvalue weighted by atomic mass is 10.3. The molecule has 3 heteroatoms. The van der Waals surface area contributed by atoms with Crippen molar-refractivity contribution in [3.8, 4) is 0 Å². The van der Waals surface area contributed by atoms with E-state index in [0.717, 1.165) is 18.7 Å². The van der Waals surface area contributed by atoms with Crippen molar-refractivity contribution >= 4 is 0 Å². The summed E-state index contributed by atoms with van der Waals surface area (Å²) in [6, 6.07) is 0. The zero-order chi connectivity index (χ0) is 8.93. The molecule has 1 aliphatic heterocycles. The first-order valence-electron chi connectivity index (χ1n) is 4.92. The molecule has 0 saturated carbocycles. The van der Waals surface area contributed by atoms with E-state index in [1.807, 2.05) is 6.20 Å². The van der Waals surface area contributed by atoms with Gasteiger partial charge in [-0.1, -0.05) is 0 Å². The van der Waals surface area contributed by atoms with Crippen molar-refractivity contribution in [2.45, 2.75) is 19.3 Å². The van der Waals surface area contributed by atoms with Gasteiger partial charge in [0.2, 0.25) is 0 Å². The lowest BCUT2D eigenvalue weighted by Gasteiger charge is -2.13. The number of hydrogen-bond acceptors (Lipinski definition) is 3. The maximum Gasteiger partial charge on any atom is 0.0599 e. The molecule has 1 aromatic heterocycles. The van der Waals surface area contributed by atoms with Crippen LogP contribution >= 0.6 is 0 Å². The van der Waals surface area contributed by atoms with Gasteiger partial charge in [-0.25, -0.2) is 0 Å². The van der Waals surface area contributed by atoms with Crippen LogP contribution in [0.4, 0.5) is 0 Å². The van der Waals surface area contributed by atoms with Crippen molar-refractivity contribution < 1.29 is 0 Å². The minimum atomic E-state index is 1.04. The number of aromatic nitrogens is 2. The molecule has 2 heterocycles. The molecule has 3 nitrogen and oxygen atoms in total.